The van der Waals surface area contributed by atoms with Crippen LogP contribution in [-0.4, -0.2) is 41.3 Å². The molecule has 1 aliphatic heterocycles. The van der Waals surface area contributed by atoms with E-state index < -0.39 is 6.09 Å². The fraction of sp³-hybridized carbons (Fsp3) is 0.231. The van der Waals surface area contributed by atoms with Crippen molar-refractivity contribution in [2.24, 2.45) is 0 Å². The summed E-state index contributed by atoms with van der Waals surface area (Å²) < 4.78 is 11.0. The van der Waals surface area contributed by atoms with Crippen LogP contribution in [0.2, 0.25) is 0 Å². The van der Waals surface area contributed by atoms with Crippen LogP contribution in [0.1, 0.15) is 34.2 Å². The number of hydrogen-bond acceptors (Lipinski definition) is 7. The molecule has 2 amide bonds. The van der Waals surface area contributed by atoms with Gasteiger partial charge in [0, 0.05) is 41.0 Å². The zero-order valence-electron chi connectivity index (χ0n) is 19.3. The molecule has 0 saturated carbocycles. The van der Waals surface area contributed by atoms with Crippen molar-refractivity contribution < 1.29 is 19.1 Å². The molecular formula is C26H26N4O4S. The summed E-state index contributed by atoms with van der Waals surface area (Å²) in [5.74, 6) is 0.408. The number of carbonyl (C=O) groups excluding carboxylic acids is 2. The Morgan fingerprint density at radius 3 is 2.83 bits per heavy atom. The predicted octanol–water partition coefficient (Wildman–Crippen LogP) is 4.89. The zero-order valence-corrected chi connectivity index (χ0v) is 20.1. The minimum Gasteiger partial charge on any atom is -0.493 e. The Morgan fingerprint density at radius 1 is 1.23 bits per heavy atom. The van der Waals surface area contributed by atoms with Gasteiger partial charge in [-0.15, -0.1) is 11.3 Å². The van der Waals surface area contributed by atoms with Crippen molar-refractivity contribution in [2.75, 3.05) is 18.5 Å². The van der Waals surface area contributed by atoms with Gasteiger partial charge in [0.1, 0.15) is 17.4 Å². The van der Waals surface area contributed by atoms with Crippen LogP contribution in [0.3, 0.4) is 0 Å². The van der Waals surface area contributed by atoms with E-state index in [9.17, 15) is 9.59 Å². The molecule has 3 heterocycles. The van der Waals surface area contributed by atoms with Gasteiger partial charge in [-0.05, 0) is 43.2 Å². The van der Waals surface area contributed by atoms with Crippen molar-refractivity contribution >= 4 is 40.6 Å². The Balaban J connectivity index is 1.41. The van der Waals surface area contributed by atoms with Gasteiger partial charge in [-0.3, -0.25) is 9.78 Å². The summed E-state index contributed by atoms with van der Waals surface area (Å²) in [6, 6.07) is 13.0. The van der Waals surface area contributed by atoms with Gasteiger partial charge in [0.05, 0.1) is 18.8 Å². The molecule has 35 heavy (non-hydrogen) atoms. The number of anilines is 1. The van der Waals surface area contributed by atoms with Crippen LogP contribution >= 0.6 is 11.3 Å². The second-order valence-electron chi connectivity index (χ2n) is 7.73. The molecule has 0 atom stereocenters. The molecule has 4 rings (SSSR count). The van der Waals surface area contributed by atoms with Gasteiger partial charge >= 0.3 is 6.09 Å². The number of fused-ring (bicyclic) bond motifs is 1. The van der Waals surface area contributed by atoms with Gasteiger partial charge in [-0.2, -0.15) is 0 Å². The largest absolute Gasteiger partial charge is 0.493 e. The van der Waals surface area contributed by atoms with E-state index in [0.29, 0.717) is 48.1 Å². The average Bonchev–Trinajstić information content (AvgIpc) is 3.23. The number of nitrogens with one attached hydrogen (secondary N) is 2. The van der Waals surface area contributed by atoms with Gasteiger partial charge in [-0.1, -0.05) is 24.3 Å². The number of rotatable bonds is 8. The summed E-state index contributed by atoms with van der Waals surface area (Å²) in [7, 11) is 0. The number of carbonyl (C=O) groups is 2. The van der Waals surface area contributed by atoms with E-state index in [-0.39, 0.29) is 12.5 Å². The number of nitrogens with zero attached hydrogens (tertiary/aromatic N) is 2. The molecule has 1 aliphatic rings. The number of pyridine rings is 1. The molecule has 0 bridgehead atoms. The third-order valence-corrected chi connectivity index (χ3v) is 6.59. The molecule has 3 aromatic rings. The first-order chi connectivity index (χ1) is 17.1. The summed E-state index contributed by atoms with van der Waals surface area (Å²) >= 11 is 1.38. The molecule has 0 fully saturated rings. The van der Waals surface area contributed by atoms with Crippen molar-refractivity contribution in [3.8, 4) is 5.75 Å². The third kappa shape index (κ3) is 5.93. The smallest absolute Gasteiger partial charge is 0.410 e. The standard InChI is InChI=1S/C26H26N4O4S/c1-2-33-22-9-4-3-7-18(22)10-11-24(31)29-25-21(15-27)20-12-14-30(16-23(20)35-25)26(32)34-17-19-8-5-6-13-28-19/h3-11,13,15,27H,2,12,14,16-17H2,1H3,(H,29,31)/b11-10+,27-15?. The topological polar surface area (TPSA) is 105 Å². The highest BCUT2D eigenvalue weighted by Crippen LogP contribution is 2.36. The Kier molecular flexibility index (Phi) is 7.89. The fourth-order valence-electron chi connectivity index (χ4n) is 3.76. The van der Waals surface area contributed by atoms with Crippen LogP contribution in [-0.2, 0) is 29.1 Å². The lowest BCUT2D eigenvalue weighted by molar-refractivity contribution is -0.111. The highest BCUT2D eigenvalue weighted by molar-refractivity contribution is 7.17. The Labute approximate surface area is 207 Å². The summed E-state index contributed by atoms with van der Waals surface area (Å²) in [5.41, 5.74) is 3.16. The van der Waals surface area contributed by atoms with Gasteiger partial charge in [0.15, 0.2) is 0 Å². The first-order valence-electron chi connectivity index (χ1n) is 11.3. The zero-order chi connectivity index (χ0) is 24.6. The van der Waals surface area contributed by atoms with Gasteiger partial charge < -0.3 is 25.1 Å². The number of benzene rings is 1. The van der Waals surface area contributed by atoms with Crippen molar-refractivity contribution in [3.05, 3.63) is 82.0 Å². The van der Waals surface area contributed by atoms with E-state index >= 15 is 0 Å². The van der Waals surface area contributed by atoms with Crippen molar-refractivity contribution in [1.29, 1.82) is 5.41 Å². The lowest BCUT2D eigenvalue weighted by Crippen LogP contribution is -2.35. The molecule has 8 nitrogen and oxygen atoms in total. The number of ether oxygens (including phenoxy) is 2. The van der Waals surface area contributed by atoms with E-state index in [4.69, 9.17) is 14.9 Å². The second kappa shape index (κ2) is 11.4. The van der Waals surface area contributed by atoms with Crippen LogP contribution in [0.25, 0.3) is 6.08 Å². The molecule has 2 N–H and O–H groups in total. The van der Waals surface area contributed by atoms with Crippen molar-refractivity contribution in [3.63, 3.8) is 0 Å². The SMILES string of the molecule is CCOc1ccccc1/C=C/C(=O)Nc1sc2c(c1C=N)CCN(C(=O)OCc1ccccn1)C2. The van der Waals surface area contributed by atoms with Crippen LogP contribution < -0.4 is 10.1 Å². The van der Waals surface area contributed by atoms with Gasteiger partial charge in [0.25, 0.3) is 0 Å². The molecule has 0 unspecified atom stereocenters. The number of hydrogen-bond donors (Lipinski definition) is 2. The molecule has 2 aromatic heterocycles. The lowest BCUT2D eigenvalue weighted by Gasteiger charge is -2.26. The molecule has 1 aromatic carbocycles. The molecule has 0 spiro atoms. The molecule has 180 valence electrons. The number of para-hydroxylation sites is 1. The molecule has 0 aliphatic carbocycles. The lowest BCUT2D eigenvalue weighted by atomic mass is 10.0. The molecule has 0 saturated heterocycles. The van der Waals surface area contributed by atoms with Crippen molar-refractivity contribution in [1.82, 2.24) is 9.88 Å². The molecule has 0 radical (unpaired) electrons. The van der Waals surface area contributed by atoms with Crippen LogP contribution in [0, 0.1) is 5.41 Å². The average molecular weight is 491 g/mol. The number of thiophene rings is 1. The minimum absolute atomic E-state index is 0.110. The number of aromatic nitrogens is 1. The maximum Gasteiger partial charge on any atom is 0.410 e. The summed E-state index contributed by atoms with van der Waals surface area (Å²) in [5, 5.41) is 11.4. The molecular weight excluding hydrogens is 464 g/mol. The maximum atomic E-state index is 12.6. The summed E-state index contributed by atoms with van der Waals surface area (Å²) in [4.78, 5) is 31.9. The van der Waals surface area contributed by atoms with E-state index in [1.807, 2.05) is 37.3 Å². The van der Waals surface area contributed by atoms with E-state index in [1.54, 1.807) is 29.3 Å². The Morgan fingerprint density at radius 2 is 2.06 bits per heavy atom. The van der Waals surface area contributed by atoms with Crippen LogP contribution in [0.15, 0.2) is 54.7 Å². The first-order valence-corrected chi connectivity index (χ1v) is 12.1. The van der Waals surface area contributed by atoms with E-state index in [1.165, 1.54) is 23.6 Å². The Hall–Kier alpha value is -3.98. The van der Waals surface area contributed by atoms with Crippen molar-refractivity contribution in [2.45, 2.75) is 26.5 Å². The predicted molar refractivity (Wildman–Crippen MR) is 136 cm³/mol. The van der Waals surface area contributed by atoms with Crippen LogP contribution in [0.4, 0.5) is 9.80 Å². The van der Waals surface area contributed by atoms with E-state index in [2.05, 4.69) is 10.3 Å². The highest BCUT2D eigenvalue weighted by atomic mass is 32.1. The molecule has 9 heteroatoms. The van der Waals surface area contributed by atoms with Gasteiger partial charge in [0.2, 0.25) is 5.91 Å². The highest BCUT2D eigenvalue weighted by Gasteiger charge is 2.27. The summed E-state index contributed by atoms with van der Waals surface area (Å²) in [6.45, 7) is 3.40. The quantitative estimate of drug-likeness (QED) is 0.346. The minimum atomic E-state index is -0.410. The monoisotopic (exact) mass is 490 g/mol. The number of amides is 2. The fourth-order valence-corrected chi connectivity index (χ4v) is 5.01. The third-order valence-electron chi connectivity index (χ3n) is 5.44. The maximum absolute atomic E-state index is 12.6. The normalized spacial score (nSPS) is 12.8. The van der Waals surface area contributed by atoms with Gasteiger partial charge in [-0.25, -0.2) is 4.79 Å². The van der Waals surface area contributed by atoms with E-state index in [0.717, 1.165) is 16.0 Å². The summed E-state index contributed by atoms with van der Waals surface area (Å²) in [6.07, 6.45) is 6.25. The first kappa shape index (κ1) is 24.2. The van der Waals surface area contributed by atoms with Crippen LogP contribution in [0.5, 0.6) is 5.75 Å². The Bertz CT molecular complexity index is 1240. The second-order valence-corrected chi connectivity index (χ2v) is 8.84.